The molecule has 0 spiro atoms. The number of aliphatic hydroxyl groups excluding tert-OH is 1. The zero-order chi connectivity index (χ0) is 12.1. The second-order valence-corrected chi connectivity index (χ2v) is 4.77. The van der Waals surface area contributed by atoms with Gasteiger partial charge in [-0.1, -0.05) is 35.9 Å². The molecule has 1 aromatic carbocycles. The summed E-state index contributed by atoms with van der Waals surface area (Å²) in [5.41, 5.74) is 2.03. The summed E-state index contributed by atoms with van der Waals surface area (Å²) in [5.74, 6) is 1.15. The fourth-order valence-corrected chi connectivity index (χ4v) is 1.72. The van der Waals surface area contributed by atoms with Gasteiger partial charge < -0.3 is 9.84 Å². The molecule has 0 heterocycles. The highest BCUT2D eigenvalue weighted by Gasteiger charge is 2.05. The number of halogens is 1. The van der Waals surface area contributed by atoms with Crippen LogP contribution in [0.1, 0.15) is 19.4 Å². The van der Waals surface area contributed by atoms with Crippen molar-refractivity contribution in [2.24, 2.45) is 5.92 Å². The van der Waals surface area contributed by atoms with Crippen LogP contribution in [0.25, 0.3) is 6.08 Å². The lowest BCUT2D eigenvalue weighted by Gasteiger charge is -2.10. The van der Waals surface area contributed by atoms with Gasteiger partial charge in [0.15, 0.2) is 0 Å². The molecular weight excluding hydrogens is 268 g/mol. The van der Waals surface area contributed by atoms with Crippen molar-refractivity contribution in [2.75, 3.05) is 13.7 Å². The topological polar surface area (TPSA) is 29.5 Å². The van der Waals surface area contributed by atoms with Gasteiger partial charge >= 0.3 is 0 Å². The highest BCUT2D eigenvalue weighted by atomic mass is 79.9. The van der Waals surface area contributed by atoms with Crippen LogP contribution in [0.4, 0.5) is 0 Å². The average molecular weight is 285 g/mol. The average Bonchev–Trinajstić information content (AvgIpc) is 2.27. The molecule has 0 aliphatic heterocycles. The van der Waals surface area contributed by atoms with Crippen molar-refractivity contribution in [3.63, 3.8) is 0 Å². The van der Waals surface area contributed by atoms with Gasteiger partial charge in [0, 0.05) is 4.47 Å². The van der Waals surface area contributed by atoms with E-state index in [1.54, 1.807) is 7.11 Å². The van der Waals surface area contributed by atoms with Crippen LogP contribution in [-0.4, -0.2) is 18.8 Å². The SMILES string of the molecule is COc1ccc(Br)c(/C=C(/CO)C(C)C)c1. The minimum atomic E-state index is 0.0846. The van der Waals surface area contributed by atoms with Crippen LogP contribution in [0.3, 0.4) is 0 Å². The second-order valence-electron chi connectivity index (χ2n) is 3.92. The molecule has 1 rings (SSSR count). The van der Waals surface area contributed by atoms with Crippen molar-refractivity contribution in [1.82, 2.24) is 0 Å². The summed E-state index contributed by atoms with van der Waals surface area (Å²) in [7, 11) is 1.64. The standard InChI is InChI=1S/C13H17BrO2/c1-9(2)11(8-15)6-10-7-12(16-3)4-5-13(10)14/h4-7,9,15H,8H2,1-3H3/b11-6-. The third-order valence-corrected chi connectivity index (χ3v) is 3.19. The number of hydrogen-bond acceptors (Lipinski definition) is 2. The van der Waals surface area contributed by atoms with Crippen molar-refractivity contribution in [1.29, 1.82) is 0 Å². The number of methoxy groups -OCH3 is 1. The van der Waals surface area contributed by atoms with Gasteiger partial charge in [-0.3, -0.25) is 0 Å². The maximum atomic E-state index is 9.26. The molecule has 0 unspecified atom stereocenters. The molecule has 2 nitrogen and oxygen atoms in total. The predicted octanol–water partition coefficient (Wildman–Crippen LogP) is 3.49. The summed E-state index contributed by atoms with van der Waals surface area (Å²) in [6, 6.07) is 5.79. The van der Waals surface area contributed by atoms with Gasteiger partial charge in [0.25, 0.3) is 0 Å². The molecule has 3 heteroatoms. The second kappa shape index (κ2) is 6.06. The fraction of sp³-hybridized carbons (Fsp3) is 0.385. The minimum Gasteiger partial charge on any atom is -0.497 e. The Morgan fingerprint density at radius 1 is 1.50 bits per heavy atom. The fourth-order valence-electron chi connectivity index (χ4n) is 1.35. The number of rotatable bonds is 4. The predicted molar refractivity (Wildman–Crippen MR) is 70.6 cm³/mol. The van der Waals surface area contributed by atoms with Crippen LogP contribution in [0.2, 0.25) is 0 Å². The Morgan fingerprint density at radius 2 is 2.19 bits per heavy atom. The van der Waals surface area contributed by atoms with E-state index in [0.29, 0.717) is 5.92 Å². The molecule has 0 atom stereocenters. The molecule has 0 aliphatic carbocycles. The molecule has 0 saturated carbocycles. The number of aliphatic hydroxyl groups is 1. The van der Waals surface area contributed by atoms with Gasteiger partial charge in [-0.25, -0.2) is 0 Å². The normalized spacial score (nSPS) is 12.0. The zero-order valence-electron chi connectivity index (χ0n) is 9.83. The highest BCUT2D eigenvalue weighted by molar-refractivity contribution is 9.10. The molecule has 0 bridgehead atoms. The monoisotopic (exact) mass is 284 g/mol. The lowest BCUT2D eigenvalue weighted by molar-refractivity contribution is 0.320. The van der Waals surface area contributed by atoms with E-state index in [1.165, 1.54) is 0 Å². The number of benzene rings is 1. The van der Waals surface area contributed by atoms with Crippen LogP contribution in [0.15, 0.2) is 28.2 Å². The molecule has 0 saturated heterocycles. The Kier molecular flexibility index (Phi) is 5.03. The van der Waals surface area contributed by atoms with E-state index in [-0.39, 0.29) is 6.61 Å². The highest BCUT2D eigenvalue weighted by Crippen LogP contribution is 2.25. The first-order valence-corrected chi connectivity index (χ1v) is 6.02. The van der Waals surface area contributed by atoms with E-state index in [0.717, 1.165) is 21.4 Å². The number of hydrogen-bond donors (Lipinski definition) is 1. The molecular formula is C13H17BrO2. The van der Waals surface area contributed by atoms with E-state index in [2.05, 4.69) is 29.8 Å². The van der Waals surface area contributed by atoms with Crippen LogP contribution >= 0.6 is 15.9 Å². The molecule has 16 heavy (non-hydrogen) atoms. The smallest absolute Gasteiger partial charge is 0.119 e. The first kappa shape index (κ1) is 13.3. The molecule has 1 N–H and O–H groups in total. The van der Waals surface area contributed by atoms with E-state index in [9.17, 15) is 5.11 Å². The maximum Gasteiger partial charge on any atom is 0.119 e. The van der Waals surface area contributed by atoms with Crippen molar-refractivity contribution >= 4 is 22.0 Å². The van der Waals surface area contributed by atoms with Crippen molar-refractivity contribution < 1.29 is 9.84 Å². The molecule has 0 fully saturated rings. The first-order valence-electron chi connectivity index (χ1n) is 5.23. The molecule has 0 aliphatic rings. The van der Waals surface area contributed by atoms with Crippen molar-refractivity contribution in [3.8, 4) is 5.75 Å². The summed E-state index contributed by atoms with van der Waals surface area (Å²) in [6.07, 6.45) is 2.00. The summed E-state index contributed by atoms with van der Waals surface area (Å²) in [6.45, 7) is 4.22. The van der Waals surface area contributed by atoms with E-state index in [1.807, 2.05) is 24.3 Å². The minimum absolute atomic E-state index is 0.0846. The Labute approximate surface area is 105 Å². The lowest BCUT2D eigenvalue weighted by atomic mass is 10.0. The van der Waals surface area contributed by atoms with Gasteiger partial charge in [0.1, 0.15) is 5.75 Å². The summed E-state index contributed by atoms with van der Waals surface area (Å²) < 4.78 is 6.17. The number of ether oxygens (including phenoxy) is 1. The molecule has 88 valence electrons. The van der Waals surface area contributed by atoms with Gasteiger partial charge in [-0.2, -0.15) is 0 Å². The Hall–Kier alpha value is -0.800. The summed E-state index contributed by atoms with van der Waals surface area (Å²) >= 11 is 3.48. The molecule has 1 aromatic rings. The zero-order valence-corrected chi connectivity index (χ0v) is 11.4. The third kappa shape index (κ3) is 3.35. The Bertz CT molecular complexity index is 384. The van der Waals surface area contributed by atoms with Gasteiger partial charge in [0.2, 0.25) is 0 Å². The summed E-state index contributed by atoms with van der Waals surface area (Å²) in [4.78, 5) is 0. The quantitative estimate of drug-likeness (QED) is 0.917. The van der Waals surface area contributed by atoms with Gasteiger partial charge in [-0.05, 0) is 35.3 Å². The Balaban J connectivity index is 3.11. The van der Waals surface area contributed by atoms with Crippen molar-refractivity contribution in [2.45, 2.75) is 13.8 Å². The van der Waals surface area contributed by atoms with Crippen LogP contribution < -0.4 is 4.74 Å². The van der Waals surface area contributed by atoms with Gasteiger partial charge in [-0.15, -0.1) is 0 Å². The van der Waals surface area contributed by atoms with Crippen LogP contribution in [0.5, 0.6) is 5.75 Å². The lowest BCUT2D eigenvalue weighted by Crippen LogP contribution is -1.99. The van der Waals surface area contributed by atoms with Gasteiger partial charge in [0.05, 0.1) is 13.7 Å². The molecule has 0 amide bonds. The third-order valence-electron chi connectivity index (χ3n) is 2.47. The molecule has 0 radical (unpaired) electrons. The largest absolute Gasteiger partial charge is 0.497 e. The van der Waals surface area contributed by atoms with E-state index >= 15 is 0 Å². The maximum absolute atomic E-state index is 9.26. The van der Waals surface area contributed by atoms with Crippen LogP contribution in [0, 0.1) is 5.92 Å². The Morgan fingerprint density at radius 3 is 2.69 bits per heavy atom. The first-order chi connectivity index (χ1) is 7.58. The summed E-state index contributed by atoms with van der Waals surface area (Å²) in [5, 5.41) is 9.26. The van der Waals surface area contributed by atoms with Crippen molar-refractivity contribution in [3.05, 3.63) is 33.8 Å². The molecule has 0 aromatic heterocycles. The van der Waals surface area contributed by atoms with Crippen LogP contribution in [-0.2, 0) is 0 Å². The van der Waals surface area contributed by atoms with E-state index in [4.69, 9.17) is 4.74 Å². The van der Waals surface area contributed by atoms with E-state index < -0.39 is 0 Å².